The zero-order valence-corrected chi connectivity index (χ0v) is 19.6. The molecule has 0 fully saturated rings. The van der Waals surface area contributed by atoms with E-state index in [0.29, 0.717) is 5.01 Å². The average molecular weight is 582 g/mol. The van der Waals surface area contributed by atoms with E-state index in [1.165, 1.54) is 25.3 Å². The van der Waals surface area contributed by atoms with Crippen molar-refractivity contribution in [3.05, 3.63) is 63.3 Å². The van der Waals surface area contributed by atoms with Gasteiger partial charge in [-0.15, -0.1) is 0 Å². The van der Waals surface area contributed by atoms with Gasteiger partial charge in [0.15, 0.2) is 0 Å². The van der Waals surface area contributed by atoms with Gasteiger partial charge >= 0.3 is 23.9 Å². The molecule has 0 spiro atoms. The van der Waals surface area contributed by atoms with Crippen molar-refractivity contribution >= 4 is 40.3 Å². The standard InChI is InChI=1S/C20H14Cl2F9N5O/c1-37-35-15-4-9(2-3-10(15)7-32)14(33)8-36(34)16-12(21)5-11(6-13(16)22)17(23,19(26,27)28)18(24,25)20(29,30)31/h2-6,8,35H,33-34H2,1H3/b14-8-. The summed E-state index contributed by atoms with van der Waals surface area (Å²) in [7, 11) is 1.26. The van der Waals surface area contributed by atoms with Gasteiger partial charge in [-0.2, -0.15) is 40.4 Å². The van der Waals surface area contributed by atoms with Gasteiger partial charge in [-0.05, 0) is 24.3 Å². The fourth-order valence-electron chi connectivity index (χ4n) is 3.03. The Morgan fingerprint density at radius 3 is 1.97 bits per heavy atom. The quantitative estimate of drug-likeness (QED) is 0.199. The molecule has 5 N–H and O–H groups in total. The maximum absolute atomic E-state index is 14.8. The van der Waals surface area contributed by atoms with E-state index in [1.807, 2.05) is 6.07 Å². The van der Waals surface area contributed by atoms with Crippen molar-refractivity contribution in [2.24, 2.45) is 11.6 Å². The lowest BCUT2D eigenvalue weighted by Gasteiger charge is -2.36. The molecule has 0 amide bonds. The van der Waals surface area contributed by atoms with Crippen molar-refractivity contribution in [2.45, 2.75) is 23.9 Å². The Hall–Kier alpha value is -3.06. The molecule has 0 aliphatic rings. The van der Waals surface area contributed by atoms with E-state index in [0.717, 1.165) is 6.20 Å². The molecule has 0 bridgehead atoms. The van der Waals surface area contributed by atoms with Crippen LogP contribution in [-0.2, 0) is 10.5 Å². The second-order valence-corrected chi connectivity index (χ2v) is 8.00. The summed E-state index contributed by atoms with van der Waals surface area (Å²) in [6.45, 7) is 0. The molecule has 0 aliphatic heterocycles. The highest BCUT2D eigenvalue weighted by atomic mass is 35.5. The van der Waals surface area contributed by atoms with Gasteiger partial charge in [-0.25, -0.2) is 10.2 Å². The van der Waals surface area contributed by atoms with E-state index in [-0.39, 0.29) is 34.6 Å². The van der Waals surface area contributed by atoms with Crippen molar-refractivity contribution in [2.75, 3.05) is 17.6 Å². The van der Waals surface area contributed by atoms with Crippen LogP contribution in [0.25, 0.3) is 5.70 Å². The summed E-state index contributed by atoms with van der Waals surface area (Å²) in [4.78, 5) is 4.73. The highest BCUT2D eigenvalue weighted by molar-refractivity contribution is 6.39. The van der Waals surface area contributed by atoms with Crippen LogP contribution in [0.2, 0.25) is 10.0 Å². The number of hydrogen-bond acceptors (Lipinski definition) is 6. The molecule has 0 aliphatic carbocycles. The summed E-state index contributed by atoms with van der Waals surface area (Å²) >= 11 is 11.6. The lowest BCUT2D eigenvalue weighted by Crippen LogP contribution is -2.59. The molecular formula is C20H14Cl2F9N5O. The van der Waals surface area contributed by atoms with Gasteiger partial charge in [0.2, 0.25) is 0 Å². The number of rotatable bonds is 7. The fourth-order valence-corrected chi connectivity index (χ4v) is 3.72. The average Bonchev–Trinajstić information content (AvgIpc) is 2.76. The summed E-state index contributed by atoms with van der Waals surface area (Å²) < 4.78 is 120. The molecule has 2 aromatic rings. The number of benzene rings is 2. The van der Waals surface area contributed by atoms with Gasteiger partial charge in [0.25, 0.3) is 0 Å². The minimum Gasteiger partial charge on any atom is -0.397 e. The van der Waals surface area contributed by atoms with Crippen LogP contribution in [0.15, 0.2) is 36.5 Å². The lowest BCUT2D eigenvalue weighted by molar-refractivity contribution is -0.389. The van der Waals surface area contributed by atoms with Crippen LogP contribution in [-0.4, -0.2) is 25.4 Å². The Morgan fingerprint density at radius 2 is 1.54 bits per heavy atom. The number of alkyl halides is 9. The summed E-state index contributed by atoms with van der Waals surface area (Å²) in [5.41, 5.74) is -0.353. The highest BCUT2D eigenvalue weighted by Crippen LogP contribution is 2.59. The van der Waals surface area contributed by atoms with Gasteiger partial charge in [0.05, 0.1) is 39.8 Å². The van der Waals surface area contributed by atoms with Gasteiger partial charge < -0.3 is 5.73 Å². The van der Waals surface area contributed by atoms with E-state index >= 15 is 0 Å². The first kappa shape index (κ1) is 30.2. The lowest BCUT2D eigenvalue weighted by atomic mass is 9.87. The van der Waals surface area contributed by atoms with Crippen LogP contribution < -0.4 is 22.1 Å². The van der Waals surface area contributed by atoms with Crippen LogP contribution in [0.5, 0.6) is 0 Å². The molecule has 0 saturated heterocycles. The van der Waals surface area contributed by atoms with Crippen LogP contribution in [0, 0.1) is 11.3 Å². The Morgan fingerprint density at radius 1 is 1.00 bits per heavy atom. The van der Waals surface area contributed by atoms with Crippen LogP contribution >= 0.6 is 23.2 Å². The second-order valence-electron chi connectivity index (χ2n) is 7.19. The summed E-state index contributed by atoms with van der Waals surface area (Å²) in [6, 6.07) is 5.70. The molecule has 0 heterocycles. The largest absolute Gasteiger partial charge is 0.457 e. The minimum atomic E-state index is -6.93. The number of nitrogens with one attached hydrogen (secondary N) is 1. The Bertz CT molecular complexity index is 1220. The number of anilines is 2. The molecule has 0 saturated carbocycles. The summed E-state index contributed by atoms with van der Waals surface area (Å²) in [5, 5.41) is 7.59. The second kappa shape index (κ2) is 10.4. The molecule has 6 nitrogen and oxygen atoms in total. The maximum atomic E-state index is 14.8. The Kier molecular flexibility index (Phi) is 8.45. The summed E-state index contributed by atoms with van der Waals surface area (Å²) in [5.74, 6) is -1.16. The van der Waals surface area contributed by atoms with E-state index in [2.05, 4.69) is 5.48 Å². The number of halogens is 11. The zero-order chi connectivity index (χ0) is 28.6. The maximum Gasteiger partial charge on any atom is 0.457 e. The smallest absolute Gasteiger partial charge is 0.397 e. The fraction of sp³-hybridized carbons (Fsp3) is 0.250. The molecule has 17 heteroatoms. The molecule has 202 valence electrons. The van der Waals surface area contributed by atoms with Crippen molar-refractivity contribution < 1.29 is 44.4 Å². The third-order valence-electron chi connectivity index (χ3n) is 4.82. The van der Waals surface area contributed by atoms with Crippen molar-refractivity contribution in [3.8, 4) is 6.07 Å². The van der Waals surface area contributed by atoms with E-state index in [4.69, 9.17) is 44.9 Å². The van der Waals surface area contributed by atoms with Crippen molar-refractivity contribution in [3.63, 3.8) is 0 Å². The van der Waals surface area contributed by atoms with Gasteiger partial charge in [-0.1, -0.05) is 29.3 Å². The summed E-state index contributed by atoms with van der Waals surface area (Å²) in [6.07, 6.45) is -12.8. The number of nitriles is 1. The molecule has 0 radical (unpaired) electrons. The molecule has 0 aromatic heterocycles. The van der Waals surface area contributed by atoms with Crippen LogP contribution in [0.1, 0.15) is 16.7 Å². The molecule has 1 atom stereocenters. The normalized spacial score (nSPS) is 14.6. The SMILES string of the molecule is CONc1cc(/C(N)=C/N(N)c2c(Cl)cc(C(F)(C(F)(F)F)C(F)(F)C(F)(F)F)cc2Cl)ccc1C#N. The third kappa shape index (κ3) is 5.47. The molecule has 2 aromatic carbocycles. The molecular weight excluding hydrogens is 568 g/mol. The molecule has 1 unspecified atom stereocenters. The monoisotopic (exact) mass is 581 g/mol. The third-order valence-corrected chi connectivity index (χ3v) is 5.39. The number of nitrogens with two attached hydrogens (primary N) is 2. The Balaban J connectivity index is 2.60. The first-order valence-electron chi connectivity index (χ1n) is 9.37. The zero-order valence-electron chi connectivity index (χ0n) is 18.1. The first-order valence-corrected chi connectivity index (χ1v) is 10.1. The van der Waals surface area contributed by atoms with Crippen LogP contribution in [0.3, 0.4) is 0 Å². The van der Waals surface area contributed by atoms with E-state index < -0.39 is 45.2 Å². The predicted octanol–water partition coefficient (Wildman–Crippen LogP) is 6.40. The van der Waals surface area contributed by atoms with Gasteiger partial charge in [-0.3, -0.25) is 15.3 Å². The number of hydrogen-bond donors (Lipinski definition) is 3. The minimum absolute atomic E-state index is 0.109. The van der Waals surface area contributed by atoms with Gasteiger partial charge in [0, 0.05) is 17.3 Å². The Labute approximate surface area is 212 Å². The number of hydrazine groups is 1. The van der Waals surface area contributed by atoms with Crippen molar-refractivity contribution in [1.82, 2.24) is 0 Å². The molecule has 2 rings (SSSR count). The van der Waals surface area contributed by atoms with E-state index in [1.54, 1.807) is 0 Å². The predicted molar refractivity (Wildman–Crippen MR) is 117 cm³/mol. The van der Waals surface area contributed by atoms with E-state index in [9.17, 15) is 39.5 Å². The topological polar surface area (TPSA) is 100 Å². The molecule has 37 heavy (non-hydrogen) atoms. The van der Waals surface area contributed by atoms with Crippen LogP contribution in [0.4, 0.5) is 50.9 Å². The van der Waals surface area contributed by atoms with Crippen molar-refractivity contribution in [1.29, 1.82) is 5.26 Å². The number of nitrogens with zero attached hydrogens (tertiary/aromatic N) is 2. The first-order chi connectivity index (χ1) is 16.8. The highest BCUT2D eigenvalue weighted by Gasteiger charge is 2.81. The van der Waals surface area contributed by atoms with Gasteiger partial charge in [0.1, 0.15) is 6.07 Å².